The Bertz CT molecular complexity index is 7490. The van der Waals surface area contributed by atoms with Crippen molar-refractivity contribution in [2.45, 2.75) is 201 Å². The molecule has 0 unspecified atom stereocenters. The molecule has 0 radical (unpaired) electrons. The molecule has 0 atom stereocenters. The van der Waals surface area contributed by atoms with E-state index in [4.69, 9.17) is 0 Å². The lowest BCUT2D eigenvalue weighted by molar-refractivity contribution is 0.539. The first kappa shape index (κ1) is 78.2. The van der Waals surface area contributed by atoms with Crippen molar-refractivity contribution in [3.8, 4) is 68.3 Å². The van der Waals surface area contributed by atoms with E-state index in [1.54, 1.807) is 43.1 Å². The van der Waals surface area contributed by atoms with Crippen LogP contribution in [0.4, 0.5) is 0 Å². The van der Waals surface area contributed by atoms with Crippen LogP contribution >= 0.6 is 0 Å². The monoisotopic (exact) mass is 1660 g/mol. The zero-order valence-corrected chi connectivity index (χ0v) is 69.1. The number of H-pyrrole nitrogens is 4. The molecule has 0 bridgehead atoms. The minimum atomic E-state index is -0.306. The van der Waals surface area contributed by atoms with E-state index in [2.05, 4.69) is 125 Å². The van der Waals surface area contributed by atoms with E-state index in [9.17, 15) is 38.4 Å². The molecule has 123 heavy (non-hydrogen) atoms. The van der Waals surface area contributed by atoms with Crippen molar-refractivity contribution in [3.63, 3.8) is 0 Å². The Labute approximate surface area is 695 Å². The summed E-state index contributed by atoms with van der Waals surface area (Å²) in [5.74, 6) is 5.40. The molecule has 38 heteroatoms. The average Bonchev–Trinajstić information content (AvgIpc) is 1.59. The molecule has 0 aliphatic heterocycles. The minimum Gasteiger partial charge on any atom is -0.332 e. The largest absolute Gasteiger partial charge is 0.333 e. The molecule has 18 aromatic rings. The molecular formula is C85H88N30O8. The predicted molar refractivity (Wildman–Crippen MR) is 460 cm³/mol. The summed E-state index contributed by atoms with van der Waals surface area (Å²) in [6.45, 7) is 20.4. The number of fused-ring (bicyclic) bond motifs is 8. The van der Waals surface area contributed by atoms with Crippen LogP contribution < -0.4 is 45.0 Å². The molecule has 0 saturated heterocycles. The van der Waals surface area contributed by atoms with Crippen LogP contribution in [0.5, 0.6) is 0 Å². The van der Waals surface area contributed by atoms with Gasteiger partial charge in [0.25, 0.3) is 22.2 Å². The van der Waals surface area contributed by atoms with Crippen LogP contribution in [0.2, 0.25) is 0 Å². The van der Waals surface area contributed by atoms with Gasteiger partial charge in [0.05, 0.1) is 0 Å². The lowest BCUT2D eigenvalue weighted by Crippen LogP contribution is -2.39. The van der Waals surface area contributed by atoms with Gasteiger partial charge in [-0.2, -0.15) is 0 Å². The van der Waals surface area contributed by atoms with Crippen LogP contribution in [0.1, 0.15) is 181 Å². The molecule has 0 spiro atoms. The maximum absolute atomic E-state index is 13.1. The third kappa shape index (κ3) is 14.0. The number of imidazole rings is 4. The molecule has 18 aromatic heterocycles. The van der Waals surface area contributed by atoms with Crippen molar-refractivity contribution >= 4 is 67.2 Å². The number of pyridine rings is 6. The SMILES string of the molecule is CCCn1c(=O)n(C2CC2)c(=O)c2[nH]c(-c3ccc4nnc(-c5cccnc5)n4c3)nc21.CCCn1c(=O)n(C2CC2)c(=O)c2[nH]c(-c3ccc4nnc(-c5ccncc5)n4c3)nc21.CCCn1c(=O)n(C2CC2)c(=O)c2[nH]c(-c3ccc4nnc(C(C)(C)C)n4c3)nc21.CCCn1c(=O)n(C2CC2)c(=O)c2[nH]c(-c3ccc4nnc(C(C)C)n4c3)nc21. The van der Waals surface area contributed by atoms with Crippen molar-refractivity contribution < 1.29 is 0 Å². The van der Waals surface area contributed by atoms with E-state index < -0.39 is 0 Å². The molecule has 22 rings (SSSR count). The molecule has 4 aliphatic rings. The van der Waals surface area contributed by atoms with Gasteiger partial charge >= 0.3 is 22.8 Å². The summed E-state index contributed by atoms with van der Waals surface area (Å²) in [4.78, 5) is 144. The number of aromatic nitrogens is 30. The third-order valence-corrected chi connectivity index (χ3v) is 22.5. The van der Waals surface area contributed by atoms with Gasteiger partial charge in [-0.1, -0.05) is 62.3 Å². The second-order valence-corrected chi connectivity index (χ2v) is 33.1. The van der Waals surface area contributed by atoms with Gasteiger partial charge < -0.3 is 19.9 Å². The normalized spacial score (nSPS) is 14.3. The topological polar surface area (TPSA) is 437 Å². The molecule has 38 nitrogen and oxygen atoms in total. The van der Waals surface area contributed by atoms with Crippen molar-refractivity contribution in [1.29, 1.82) is 0 Å². The summed E-state index contributed by atoms with van der Waals surface area (Å²) < 4.78 is 19.6. The fraction of sp³-hybridized carbons (Fsp3) is 0.365. The average molecular weight is 1660 g/mol. The highest BCUT2D eigenvalue weighted by molar-refractivity contribution is 5.80. The number of aryl methyl sites for hydroxylation is 4. The molecule has 4 saturated carbocycles. The zero-order chi connectivity index (χ0) is 85.1. The standard InChI is InChI=1S/2C22H20N8O2.C21H25N7O2.C20H23N7O2/c1-2-11-28-20-17(21(31)30(22(28)32)15-4-5-15)24-18(25-20)14-3-6-16-26-27-19(29(16)12-14)13-7-9-23-10-8-13;1-2-10-28-20-17(21(31)30(22(28)32)15-6-7-15)24-18(25-20)14-5-8-16-26-27-19(29(16)12-14)13-4-3-9-23-11-13;1-5-10-26-17-15(18(29)28(20(26)30)13-7-8-13)22-16(23-17)12-6-9-14-24-25-19(21(2,3)4)27(14)11-12;1-4-9-25-18-15(19(28)27(20(25)29)13-6-7-13)21-16(22-18)12-5-8-14-23-24-17(11(2)3)26(14)10-12/h3,6-10,12,15H,2,4-5,11H2,1H3,(H,24,25);3-5,8-9,11-12,15H,2,6-7,10H2,1H3,(H,24,25);6,9,11,13H,5,7-8,10H2,1-4H3,(H,22,23);5,8,10-11,13H,4,6-7,9H2,1-3H3,(H,21,22). The van der Waals surface area contributed by atoms with Crippen LogP contribution in [-0.4, -0.2) is 145 Å². The summed E-state index contributed by atoms with van der Waals surface area (Å²) in [7, 11) is 0. The first-order valence-corrected chi connectivity index (χ1v) is 41.8. The van der Waals surface area contributed by atoms with Gasteiger partial charge in [-0.3, -0.25) is 83.3 Å². The summed E-state index contributed by atoms with van der Waals surface area (Å²) in [5, 5.41) is 34.1. The highest BCUT2D eigenvalue weighted by Gasteiger charge is 2.35. The highest BCUT2D eigenvalue weighted by Crippen LogP contribution is 2.37. The smallest absolute Gasteiger partial charge is 0.332 e. The van der Waals surface area contributed by atoms with Crippen molar-refractivity contribution in [2.24, 2.45) is 0 Å². The van der Waals surface area contributed by atoms with Crippen LogP contribution in [0, 0.1) is 0 Å². The maximum atomic E-state index is 13.1. The van der Waals surface area contributed by atoms with Gasteiger partial charge in [-0.15, -0.1) is 40.8 Å². The first-order chi connectivity index (χ1) is 59.6. The van der Waals surface area contributed by atoms with E-state index in [0.29, 0.717) is 117 Å². The first-order valence-electron chi connectivity index (χ1n) is 41.8. The highest BCUT2D eigenvalue weighted by atomic mass is 16.2. The van der Waals surface area contributed by atoms with Crippen LogP contribution in [0.25, 0.3) is 136 Å². The number of nitrogens with zero attached hydrogens (tertiary/aromatic N) is 26. The minimum absolute atomic E-state index is 0.00646. The molecule has 626 valence electrons. The fourth-order valence-corrected chi connectivity index (χ4v) is 15.8. The maximum Gasteiger partial charge on any atom is 0.333 e. The number of hydrogen-bond acceptors (Lipinski definition) is 22. The zero-order valence-electron chi connectivity index (χ0n) is 69.1. The van der Waals surface area contributed by atoms with Crippen molar-refractivity contribution in [2.75, 3.05) is 0 Å². The van der Waals surface area contributed by atoms with E-state index >= 15 is 0 Å². The van der Waals surface area contributed by atoms with E-state index in [1.165, 1.54) is 18.3 Å². The van der Waals surface area contributed by atoms with Gasteiger partial charge in [0.2, 0.25) is 0 Å². The second kappa shape index (κ2) is 30.9. The quantitative estimate of drug-likeness (QED) is 0.0584. The van der Waals surface area contributed by atoms with E-state index in [1.807, 2.05) is 143 Å². The molecule has 4 aliphatic carbocycles. The summed E-state index contributed by atoms with van der Waals surface area (Å²) in [6, 6.07) is 22.5. The summed E-state index contributed by atoms with van der Waals surface area (Å²) in [5.41, 5.74) is 8.39. The molecule has 18 heterocycles. The van der Waals surface area contributed by atoms with Crippen molar-refractivity contribution in [3.05, 3.63) is 217 Å². The number of rotatable bonds is 19. The van der Waals surface area contributed by atoms with E-state index in [-0.39, 0.29) is 80.5 Å². The van der Waals surface area contributed by atoms with Gasteiger partial charge in [-0.05, 0) is 150 Å². The van der Waals surface area contributed by atoms with Crippen LogP contribution in [-0.2, 0) is 31.6 Å². The van der Waals surface area contributed by atoms with Crippen LogP contribution in [0.3, 0.4) is 0 Å². The predicted octanol–water partition coefficient (Wildman–Crippen LogP) is 9.91. The molecule has 0 amide bonds. The fourth-order valence-electron chi connectivity index (χ4n) is 15.8. The van der Waals surface area contributed by atoms with Crippen molar-refractivity contribution in [1.82, 2.24) is 145 Å². The van der Waals surface area contributed by atoms with Gasteiger partial charge in [0, 0.05) is 145 Å². The molecule has 4 fully saturated rings. The van der Waals surface area contributed by atoms with Gasteiger partial charge in [0.15, 0.2) is 56.8 Å². The van der Waals surface area contributed by atoms with E-state index in [0.717, 1.165) is 133 Å². The summed E-state index contributed by atoms with van der Waals surface area (Å²) >= 11 is 0. The lowest BCUT2D eigenvalue weighted by atomic mass is 9.96. The third-order valence-electron chi connectivity index (χ3n) is 22.5. The Morgan fingerprint density at radius 1 is 0.358 bits per heavy atom. The molecular weight excluding hydrogens is 1570 g/mol. The number of nitrogens with one attached hydrogen (secondary N) is 4. The Hall–Kier alpha value is -14.6. The number of aromatic amines is 4. The Balaban J connectivity index is 0.000000108. The summed E-state index contributed by atoms with van der Waals surface area (Å²) in [6.07, 6.45) is 24.4. The Morgan fingerprint density at radius 2 is 0.683 bits per heavy atom. The van der Waals surface area contributed by atoms with Gasteiger partial charge in [-0.25, -0.2) is 39.1 Å². The van der Waals surface area contributed by atoms with Gasteiger partial charge in [0.1, 0.15) is 57.0 Å². The molecule has 4 N–H and O–H groups in total. The Morgan fingerprint density at radius 3 is 1.02 bits per heavy atom. The second-order valence-electron chi connectivity index (χ2n) is 33.1. The molecule has 0 aromatic carbocycles. The Kier molecular flexibility index (Phi) is 19.6. The number of hydrogen-bond donors (Lipinski definition) is 4. The van der Waals surface area contributed by atoms with Crippen LogP contribution in [0.15, 0.2) is 161 Å². The lowest BCUT2D eigenvalue weighted by Gasteiger charge is -2.15.